The molecule has 5 aromatic rings. The Bertz CT molecular complexity index is 1530. The van der Waals surface area contributed by atoms with E-state index in [0.29, 0.717) is 17.0 Å². The first kappa shape index (κ1) is 23.7. The second-order valence-electron chi connectivity index (χ2n) is 8.05. The summed E-state index contributed by atoms with van der Waals surface area (Å²) in [6.45, 7) is 0. The molecule has 5 rings (SSSR count). The van der Waals surface area contributed by atoms with Gasteiger partial charge in [0.1, 0.15) is 0 Å². The molecule has 0 bridgehead atoms. The van der Waals surface area contributed by atoms with Gasteiger partial charge < -0.3 is 5.32 Å². The number of fused-ring (bicyclic) bond motifs is 1. The predicted octanol–water partition coefficient (Wildman–Crippen LogP) is 7.59. The lowest BCUT2D eigenvalue weighted by Gasteiger charge is -2.03. The number of amides is 1. The molecular weight excluding hydrogens is 484 g/mol. The number of benzene rings is 4. The number of carbonyl (C=O) groups excluding carboxylic acids is 2. The van der Waals surface area contributed by atoms with Crippen molar-refractivity contribution in [1.29, 1.82) is 0 Å². The van der Waals surface area contributed by atoms with Crippen LogP contribution in [0.4, 0.5) is 5.69 Å². The van der Waals surface area contributed by atoms with Crippen molar-refractivity contribution >= 4 is 56.8 Å². The zero-order valence-electron chi connectivity index (χ0n) is 19.3. The minimum absolute atomic E-state index is 0.0667. The lowest BCUT2D eigenvalue weighted by molar-refractivity contribution is -0.111. The van der Waals surface area contributed by atoms with Crippen molar-refractivity contribution in [3.63, 3.8) is 0 Å². The van der Waals surface area contributed by atoms with Crippen LogP contribution in [0.2, 0.25) is 0 Å². The maximum absolute atomic E-state index is 12.7. The highest BCUT2D eigenvalue weighted by molar-refractivity contribution is 8.01. The van der Waals surface area contributed by atoms with E-state index in [1.807, 2.05) is 91.0 Å². The van der Waals surface area contributed by atoms with Crippen LogP contribution in [0.3, 0.4) is 0 Å². The number of ketones is 1. The summed E-state index contributed by atoms with van der Waals surface area (Å²) in [4.78, 5) is 29.6. The SMILES string of the molecule is O=C(/C=C/c1ccccc1)Nc1ccc2nc(SCC(=O)c3ccc(-c4ccccc4)cc3)sc2c1. The standard InChI is InChI=1S/C30H22N2O2S2/c33-27(24-14-12-23(13-15-24)22-9-5-2-6-10-22)20-35-30-32-26-17-16-25(19-28(26)36-30)31-29(34)18-11-21-7-3-1-4-8-21/h1-19H,20H2,(H,31,34)/b18-11+. The van der Waals surface area contributed by atoms with E-state index < -0.39 is 0 Å². The van der Waals surface area contributed by atoms with Gasteiger partial charge in [-0.1, -0.05) is 96.7 Å². The average molecular weight is 507 g/mol. The minimum atomic E-state index is -0.193. The van der Waals surface area contributed by atoms with Gasteiger partial charge in [-0.25, -0.2) is 4.98 Å². The Morgan fingerprint density at radius 3 is 2.28 bits per heavy atom. The first-order valence-electron chi connectivity index (χ1n) is 11.4. The van der Waals surface area contributed by atoms with E-state index in [4.69, 9.17) is 0 Å². The maximum Gasteiger partial charge on any atom is 0.248 e. The van der Waals surface area contributed by atoms with Crippen LogP contribution in [0.5, 0.6) is 0 Å². The molecule has 0 aliphatic rings. The van der Waals surface area contributed by atoms with Gasteiger partial charge in [-0.3, -0.25) is 9.59 Å². The van der Waals surface area contributed by atoms with E-state index in [1.165, 1.54) is 29.2 Å². The molecule has 4 nitrogen and oxygen atoms in total. The number of aromatic nitrogens is 1. The van der Waals surface area contributed by atoms with Crippen LogP contribution in [0.1, 0.15) is 15.9 Å². The number of Topliss-reactive ketones (excluding diaryl/α,β-unsaturated/α-hetero) is 1. The summed E-state index contributed by atoms with van der Waals surface area (Å²) in [7, 11) is 0. The molecule has 0 unspecified atom stereocenters. The summed E-state index contributed by atoms with van der Waals surface area (Å²) < 4.78 is 1.79. The maximum atomic E-state index is 12.7. The normalized spacial score (nSPS) is 11.1. The molecule has 4 aromatic carbocycles. The van der Waals surface area contributed by atoms with E-state index in [1.54, 1.807) is 6.08 Å². The molecule has 36 heavy (non-hydrogen) atoms. The summed E-state index contributed by atoms with van der Waals surface area (Å²) in [5.41, 5.74) is 5.43. The van der Waals surface area contributed by atoms with Crippen LogP contribution in [0, 0.1) is 0 Å². The summed E-state index contributed by atoms with van der Waals surface area (Å²) in [6.07, 6.45) is 3.30. The van der Waals surface area contributed by atoms with Crippen LogP contribution in [0.25, 0.3) is 27.4 Å². The Kier molecular flexibility index (Phi) is 7.36. The molecule has 0 saturated carbocycles. The summed E-state index contributed by atoms with van der Waals surface area (Å²) >= 11 is 2.95. The Hall–Kier alpha value is -4.00. The Morgan fingerprint density at radius 2 is 1.53 bits per heavy atom. The molecule has 0 aliphatic heterocycles. The minimum Gasteiger partial charge on any atom is -0.322 e. The molecule has 1 aromatic heterocycles. The fraction of sp³-hybridized carbons (Fsp3) is 0.0333. The van der Waals surface area contributed by atoms with Crippen LogP contribution in [-0.4, -0.2) is 22.4 Å². The molecule has 0 aliphatic carbocycles. The third kappa shape index (κ3) is 5.97. The first-order chi connectivity index (χ1) is 17.6. The van der Waals surface area contributed by atoms with Gasteiger partial charge in [0.05, 0.1) is 16.0 Å². The van der Waals surface area contributed by atoms with E-state index in [9.17, 15) is 9.59 Å². The lowest BCUT2D eigenvalue weighted by atomic mass is 10.0. The van der Waals surface area contributed by atoms with Crippen LogP contribution in [-0.2, 0) is 4.79 Å². The van der Waals surface area contributed by atoms with Crippen molar-refractivity contribution in [3.8, 4) is 11.1 Å². The molecular formula is C30H22N2O2S2. The second-order valence-corrected chi connectivity index (χ2v) is 10.3. The van der Waals surface area contributed by atoms with Crippen LogP contribution >= 0.6 is 23.1 Å². The smallest absolute Gasteiger partial charge is 0.248 e. The second kappa shape index (κ2) is 11.2. The third-order valence-electron chi connectivity index (χ3n) is 5.50. The van der Waals surface area contributed by atoms with E-state index in [0.717, 1.165) is 31.2 Å². The highest BCUT2D eigenvalue weighted by Crippen LogP contribution is 2.32. The van der Waals surface area contributed by atoms with Gasteiger partial charge in [0, 0.05) is 17.3 Å². The third-order valence-corrected chi connectivity index (χ3v) is 7.66. The number of anilines is 1. The highest BCUT2D eigenvalue weighted by atomic mass is 32.2. The molecule has 1 heterocycles. The summed E-state index contributed by atoms with van der Waals surface area (Å²) in [6, 6.07) is 33.1. The van der Waals surface area contributed by atoms with Crippen molar-refractivity contribution < 1.29 is 9.59 Å². The van der Waals surface area contributed by atoms with Gasteiger partial charge in [-0.15, -0.1) is 11.3 Å². The number of thiazole rings is 1. The number of hydrogen-bond donors (Lipinski definition) is 1. The molecule has 0 radical (unpaired) electrons. The lowest BCUT2D eigenvalue weighted by Crippen LogP contribution is -2.07. The molecule has 176 valence electrons. The largest absolute Gasteiger partial charge is 0.322 e. The Morgan fingerprint density at radius 1 is 0.833 bits per heavy atom. The summed E-state index contributed by atoms with van der Waals surface area (Å²) in [5, 5.41) is 2.89. The number of nitrogens with zero attached hydrogens (tertiary/aromatic N) is 1. The van der Waals surface area contributed by atoms with Crippen molar-refractivity contribution in [1.82, 2.24) is 4.98 Å². The van der Waals surface area contributed by atoms with Crippen molar-refractivity contribution in [2.45, 2.75) is 4.34 Å². The number of thioether (sulfide) groups is 1. The van der Waals surface area contributed by atoms with Crippen molar-refractivity contribution in [3.05, 3.63) is 120 Å². The molecule has 6 heteroatoms. The van der Waals surface area contributed by atoms with E-state index >= 15 is 0 Å². The number of hydrogen-bond acceptors (Lipinski definition) is 5. The van der Waals surface area contributed by atoms with Gasteiger partial charge in [0.2, 0.25) is 5.91 Å². The number of carbonyl (C=O) groups is 2. The van der Waals surface area contributed by atoms with Gasteiger partial charge in [-0.2, -0.15) is 0 Å². The van der Waals surface area contributed by atoms with Crippen LogP contribution in [0.15, 0.2) is 114 Å². The van der Waals surface area contributed by atoms with E-state index in [2.05, 4.69) is 22.4 Å². The van der Waals surface area contributed by atoms with Gasteiger partial charge in [0.15, 0.2) is 10.1 Å². The number of rotatable bonds is 8. The molecule has 1 amide bonds. The molecule has 0 atom stereocenters. The number of nitrogens with one attached hydrogen (secondary N) is 1. The van der Waals surface area contributed by atoms with Crippen molar-refractivity contribution in [2.24, 2.45) is 0 Å². The monoisotopic (exact) mass is 506 g/mol. The van der Waals surface area contributed by atoms with Crippen molar-refractivity contribution in [2.75, 3.05) is 11.1 Å². The fourth-order valence-electron chi connectivity index (χ4n) is 3.65. The van der Waals surface area contributed by atoms with Gasteiger partial charge in [0.25, 0.3) is 0 Å². The Labute approximate surface area is 217 Å². The van der Waals surface area contributed by atoms with Gasteiger partial charge >= 0.3 is 0 Å². The molecule has 0 spiro atoms. The molecule has 0 saturated heterocycles. The quantitative estimate of drug-likeness (QED) is 0.134. The fourth-order valence-corrected chi connectivity index (χ4v) is 5.65. The molecule has 0 fully saturated rings. The average Bonchev–Trinajstić information content (AvgIpc) is 3.34. The van der Waals surface area contributed by atoms with Gasteiger partial charge in [-0.05, 0) is 41.0 Å². The molecule has 1 N–H and O–H groups in total. The van der Waals surface area contributed by atoms with E-state index in [-0.39, 0.29) is 11.7 Å². The topological polar surface area (TPSA) is 59.1 Å². The highest BCUT2D eigenvalue weighted by Gasteiger charge is 2.11. The zero-order valence-corrected chi connectivity index (χ0v) is 20.9. The Balaban J connectivity index is 1.19. The predicted molar refractivity (Wildman–Crippen MR) is 151 cm³/mol. The first-order valence-corrected chi connectivity index (χ1v) is 13.2. The zero-order chi connectivity index (χ0) is 24.7. The summed E-state index contributed by atoms with van der Waals surface area (Å²) in [5.74, 6) is 0.191. The van der Waals surface area contributed by atoms with Crippen LogP contribution < -0.4 is 5.32 Å².